The van der Waals surface area contributed by atoms with E-state index in [-0.39, 0.29) is 34.6 Å². The fourth-order valence-electron chi connectivity index (χ4n) is 5.20. The molecule has 4 N–H and O–H groups in total. The molecule has 2 aliphatic heterocycles. The summed E-state index contributed by atoms with van der Waals surface area (Å²) in [5.41, 5.74) is 11.1. The number of rotatable bonds is 11. The predicted molar refractivity (Wildman–Crippen MR) is 152 cm³/mol. The summed E-state index contributed by atoms with van der Waals surface area (Å²) in [7, 11) is 0.250. The first-order valence-corrected chi connectivity index (χ1v) is 14.7. The second-order valence-corrected chi connectivity index (χ2v) is 9.92. The average molecular weight is 627 g/mol. The minimum Gasteiger partial charge on any atom is -0.388 e. The lowest BCUT2D eigenvalue weighted by Gasteiger charge is -2.47. The quantitative estimate of drug-likeness (QED) is 0.122. The number of azide groups is 1. The van der Waals surface area contributed by atoms with Gasteiger partial charge in [-0.15, -0.1) is 0 Å². The molecule has 11 atom stereocenters. The van der Waals surface area contributed by atoms with E-state index in [9.17, 15) is 20.9 Å². The molecule has 11 unspecified atom stereocenters. The van der Waals surface area contributed by atoms with Crippen molar-refractivity contribution in [3.8, 4) is 0 Å². The Labute approximate surface area is 252 Å². The van der Waals surface area contributed by atoms with Gasteiger partial charge in [-0.25, -0.2) is 0 Å². The average Bonchev–Trinajstić information content (AvgIpc) is 3.52. The van der Waals surface area contributed by atoms with Crippen LogP contribution in [-0.4, -0.2) is 104 Å². The van der Waals surface area contributed by atoms with Gasteiger partial charge >= 0.3 is 0 Å². The fraction of sp³-hybridized carbons (Fsp3) is 0.556. The van der Waals surface area contributed by atoms with Gasteiger partial charge in [0.15, 0.2) is 6.29 Å². The maximum absolute atomic E-state index is 11.3. The molecule has 3 aliphatic rings. The Hall–Kier alpha value is -2.13. The number of fused-ring (bicyclic) bond motifs is 1. The maximum Gasteiger partial charge on any atom is 0.211 e. The molecule has 0 aromatic heterocycles. The zero-order chi connectivity index (χ0) is 31.5. The number of hydrogen-bond acceptors (Lipinski definition) is 12. The highest BCUT2D eigenvalue weighted by molar-refractivity contribution is 7.88. The van der Waals surface area contributed by atoms with Crippen LogP contribution in [0.15, 0.2) is 65.8 Å². The predicted octanol–water partition coefficient (Wildman–Crippen LogP) is 1.37. The summed E-state index contributed by atoms with van der Waals surface area (Å²) >= 11 is 4.03. The molecule has 3 fully saturated rings. The first-order valence-electron chi connectivity index (χ1n) is 14.1. The lowest BCUT2D eigenvalue weighted by Crippen LogP contribution is -2.66. The van der Waals surface area contributed by atoms with Gasteiger partial charge in [0.05, 0.1) is 25.9 Å². The molecule has 5 rings (SSSR count). The number of aliphatic hydroxyl groups excluding tert-OH is 4. The van der Waals surface area contributed by atoms with Crippen LogP contribution in [0.3, 0.4) is 0 Å². The molecule has 0 spiro atoms. The van der Waals surface area contributed by atoms with Crippen molar-refractivity contribution in [2.75, 3.05) is 13.4 Å². The second-order valence-electron chi connectivity index (χ2n) is 9.92. The lowest BCUT2D eigenvalue weighted by atomic mass is 9.84. The number of ether oxygens (including phenoxy) is 6. The molecule has 15 heteroatoms. The van der Waals surface area contributed by atoms with Gasteiger partial charge in [-0.2, -0.15) is 0 Å². The van der Waals surface area contributed by atoms with Crippen molar-refractivity contribution in [2.45, 2.75) is 80.5 Å². The summed E-state index contributed by atoms with van der Waals surface area (Å²) in [6, 6.07) is 17.5. The smallest absolute Gasteiger partial charge is 0.211 e. The van der Waals surface area contributed by atoms with E-state index in [0.717, 1.165) is 11.1 Å². The molecule has 2 aromatic rings. The van der Waals surface area contributed by atoms with Gasteiger partial charge in [0.2, 0.25) is 1.43 Å². The van der Waals surface area contributed by atoms with Gasteiger partial charge in [-0.3, -0.25) is 0 Å². The molecule has 228 valence electrons. The van der Waals surface area contributed by atoms with Crippen LogP contribution >= 0.6 is 7.96 Å². The Morgan fingerprint density at radius 3 is 2.26 bits per heavy atom. The van der Waals surface area contributed by atoms with Crippen molar-refractivity contribution in [3.05, 3.63) is 82.2 Å². The van der Waals surface area contributed by atoms with Gasteiger partial charge < -0.3 is 48.8 Å². The third-order valence-electron chi connectivity index (χ3n) is 7.31. The van der Waals surface area contributed by atoms with E-state index < -0.39 is 67.3 Å². The fourth-order valence-corrected chi connectivity index (χ4v) is 5.20. The summed E-state index contributed by atoms with van der Waals surface area (Å²) < 4.78 is 48.5. The zero-order valence-corrected chi connectivity index (χ0v) is 24.1. The summed E-state index contributed by atoms with van der Waals surface area (Å²) in [6.07, 6.45) is -12.0. The molecular weight excluding hydrogens is 589 g/mol. The second kappa shape index (κ2) is 16.1. The SMILES string of the molecule is [2H]P=S.[3H]OC1C(O)C(O)C(OC2OC(COCc3ccccc3)C(O)C(OCc3ccccc3)C2N=[N+]=[N-])C2OCOC12. The molecule has 13 nitrogen and oxygen atoms in total. The summed E-state index contributed by atoms with van der Waals surface area (Å²) in [5.74, 6) is 0. The van der Waals surface area contributed by atoms with Crippen LogP contribution in [0.4, 0.5) is 0 Å². The standard InChI is InChI=1S/C27H33N3O10.HPS/c28-30-29-18-23(36-12-16-9-5-2-6-10-16)19(31)17(13-35-11-15-7-3-1-4-8-15)39-27(18)40-25-22(34)20(32)21(33)24-26(25)38-14-37-24;1-2/h1-10,17-27,31-34H,11-14H2;1H/i33T;1D. The van der Waals surface area contributed by atoms with E-state index in [0.29, 0.717) is 0 Å². The summed E-state index contributed by atoms with van der Waals surface area (Å²) in [6.45, 7) is 0.127. The number of hydrogen-bond donors (Lipinski definition) is 4. The van der Waals surface area contributed by atoms with Crippen LogP contribution in [0.25, 0.3) is 10.4 Å². The topological polar surface area (TPSA) is 185 Å². The molecule has 1 saturated carbocycles. The third-order valence-corrected chi connectivity index (χ3v) is 7.31. The van der Waals surface area contributed by atoms with E-state index in [2.05, 4.69) is 26.9 Å². The minimum atomic E-state index is -1.56. The number of nitrogens with zero attached hydrogens (tertiary/aromatic N) is 3. The Balaban J connectivity index is 0.00000141. The first-order chi connectivity index (χ1) is 21.4. The monoisotopic (exact) mass is 626 g/mol. The van der Waals surface area contributed by atoms with Crippen LogP contribution in [-0.2, 0) is 53.4 Å². The Kier molecular flexibility index (Phi) is 11.5. The first kappa shape index (κ1) is 29.9. The lowest BCUT2D eigenvalue weighted by molar-refractivity contribution is -0.314. The van der Waals surface area contributed by atoms with E-state index in [1.54, 1.807) is 0 Å². The largest absolute Gasteiger partial charge is 0.388 e. The highest BCUT2D eigenvalue weighted by Crippen LogP contribution is 2.35. The van der Waals surface area contributed by atoms with Crippen LogP contribution in [0.2, 0.25) is 0 Å². The van der Waals surface area contributed by atoms with Gasteiger partial charge in [0.1, 0.15) is 62.9 Å². The van der Waals surface area contributed by atoms with Gasteiger partial charge in [-0.05, 0) is 24.6 Å². The van der Waals surface area contributed by atoms with Crippen molar-refractivity contribution in [1.82, 2.24) is 0 Å². The molecule has 2 aromatic carbocycles. The zero-order valence-electron chi connectivity index (χ0n) is 24.3. The molecule has 0 amide bonds. The van der Waals surface area contributed by atoms with Gasteiger partial charge in [-0.1, -0.05) is 77.6 Å². The van der Waals surface area contributed by atoms with Crippen molar-refractivity contribution in [1.29, 1.82) is 2.71 Å². The van der Waals surface area contributed by atoms with E-state index >= 15 is 0 Å². The highest BCUT2D eigenvalue weighted by atomic mass is 32.4. The van der Waals surface area contributed by atoms with Gasteiger partial charge in [0, 0.05) is 4.91 Å². The molecule has 1 aliphatic carbocycles. The van der Waals surface area contributed by atoms with Crippen molar-refractivity contribution < 1.29 is 48.8 Å². The molecule has 0 radical (unpaired) electrons. The Morgan fingerprint density at radius 2 is 1.62 bits per heavy atom. The van der Waals surface area contributed by atoms with Gasteiger partial charge in [0.25, 0.3) is 0 Å². The molecule has 0 bridgehead atoms. The van der Waals surface area contributed by atoms with E-state index in [4.69, 9.17) is 31.1 Å². The normalized spacial score (nSPS) is 36.5. The van der Waals surface area contributed by atoms with Crippen LogP contribution in [0, 0.1) is 0 Å². The minimum absolute atomic E-state index is 0.0552. The maximum atomic E-state index is 11.3. The van der Waals surface area contributed by atoms with E-state index in [1.165, 1.54) is 0 Å². The molecule has 2 saturated heterocycles. The summed E-state index contributed by atoms with van der Waals surface area (Å²) in [5, 5.41) is 41.2. The number of aliphatic hydroxyl groups is 4. The molecule has 2 heterocycles. The Morgan fingerprint density at radius 1 is 0.976 bits per heavy atom. The summed E-state index contributed by atoms with van der Waals surface area (Å²) in [4.78, 5) is 2.93. The van der Waals surface area contributed by atoms with Crippen molar-refractivity contribution in [2.24, 2.45) is 5.11 Å². The highest BCUT2D eigenvalue weighted by Gasteiger charge is 2.56. The Bertz CT molecular complexity index is 1210. The third kappa shape index (κ3) is 7.68. The van der Waals surface area contributed by atoms with Crippen LogP contribution < -0.4 is 0 Å². The van der Waals surface area contributed by atoms with Crippen molar-refractivity contribution in [3.63, 3.8) is 0 Å². The van der Waals surface area contributed by atoms with Crippen LogP contribution in [0.5, 0.6) is 0 Å². The molecule has 42 heavy (non-hydrogen) atoms. The number of benzene rings is 2. The van der Waals surface area contributed by atoms with E-state index in [1.807, 2.05) is 60.7 Å². The molecular formula is C27H34N3O10PS. The van der Waals surface area contributed by atoms with Crippen LogP contribution in [0.1, 0.15) is 11.1 Å². The van der Waals surface area contributed by atoms with Crippen molar-refractivity contribution >= 4 is 19.8 Å².